The lowest BCUT2D eigenvalue weighted by Crippen LogP contribution is -2.31. The number of H-pyrrole nitrogens is 1. The van der Waals surface area contributed by atoms with Gasteiger partial charge < -0.3 is 9.88 Å². The number of carbonyl (C=O) groups is 1. The van der Waals surface area contributed by atoms with E-state index in [1.165, 1.54) is 0 Å². The highest BCUT2D eigenvalue weighted by atomic mass is 16.2. The molecule has 1 N–H and O–H groups in total. The molecule has 1 atom stereocenters. The van der Waals surface area contributed by atoms with Crippen molar-refractivity contribution in [3.05, 3.63) is 78.4 Å². The van der Waals surface area contributed by atoms with Crippen LogP contribution in [0.25, 0.3) is 11.1 Å². The summed E-state index contributed by atoms with van der Waals surface area (Å²) in [6.45, 7) is 0.782. The summed E-state index contributed by atoms with van der Waals surface area (Å²) in [5, 5.41) is 0. The van der Waals surface area contributed by atoms with E-state index < -0.39 is 0 Å². The Morgan fingerprint density at radius 2 is 1.79 bits per heavy atom. The van der Waals surface area contributed by atoms with Gasteiger partial charge in [-0.3, -0.25) is 4.79 Å². The average molecular weight is 317 g/mol. The van der Waals surface area contributed by atoms with Gasteiger partial charge in [-0.15, -0.1) is 0 Å². The number of hydrogen-bond donors (Lipinski definition) is 1. The Hall–Kier alpha value is -2.88. The van der Waals surface area contributed by atoms with E-state index in [2.05, 4.69) is 22.1 Å². The molecule has 1 aliphatic rings. The number of hydrogen-bond acceptors (Lipinski definition) is 2. The van der Waals surface area contributed by atoms with Gasteiger partial charge in [0.15, 0.2) is 0 Å². The summed E-state index contributed by atoms with van der Waals surface area (Å²) in [6, 6.07) is 18.1. The third-order valence-electron chi connectivity index (χ3n) is 4.59. The van der Waals surface area contributed by atoms with Gasteiger partial charge in [-0.2, -0.15) is 0 Å². The van der Waals surface area contributed by atoms with Crippen molar-refractivity contribution in [2.45, 2.75) is 18.9 Å². The average Bonchev–Trinajstić information content (AvgIpc) is 3.33. The first-order valence-corrected chi connectivity index (χ1v) is 8.28. The van der Waals surface area contributed by atoms with Gasteiger partial charge in [-0.25, -0.2) is 4.98 Å². The second-order valence-electron chi connectivity index (χ2n) is 6.07. The lowest BCUT2D eigenvalue weighted by Gasteiger charge is -2.23. The van der Waals surface area contributed by atoms with Gasteiger partial charge in [-0.05, 0) is 36.1 Å². The second kappa shape index (κ2) is 6.32. The van der Waals surface area contributed by atoms with Crippen molar-refractivity contribution >= 4 is 5.91 Å². The largest absolute Gasteiger partial charge is 0.347 e. The van der Waals surface area contributed by atoms with Gasteiger partial charge in [0.25, 0.3) is 5.91 Å². The van der Waals surface area contributed by atoms with E-state index in [1.54, 1.807) is 6.20 Å². The van der Waals surface area contributed by atoms with Crippen molar-refractivity contribution in [2.75, 3.05) is 6.54 Å². The van der Waals surface area contributed by atoms with E-state index in [9.17, 15) is 4.79 Å². The fourth-order valence-electron chi connectivity index (χ4n) is 3.36. The molecule has 1 unspecified atom stereocenters. The van der Waals surface area contributed by atoms with Crippen LogP contribution < -0.4 is 0 Å². The summed E-state index contributed by atoms with van der Waals surface area (Å²) in [4.78, 5) is 22.3. The predicted molar refractivity (Wildman–Crippen MR) is 93.5 cm³/mol. The number of likely N-dealkylation sites (tertiary alicyclic amines) is 1. The van der Waals surface area contributed by atoms with Gasteiger partial charge in [0.05, 0.1) is 6.04 Å². The molecule has 1 fully saturated rings. The zero-order valence-electron chi connectivity index (χ0n) is 13.4. The van der Waals surface area contributed by atoms with E-state index in [1.807, 2.05) is 53.6 Å². The minimum atomic E-state index is 0.0568. The molecule has 0 aliphatic carbocycles. The molecule has 4 heteroatoms. The normalized spacial score (nSPS) is 17.2. The summed E-state index contributed by atoms with van der Waals surface area (Å²) in [5.74, 6) is 0.954. The van der Waals surface area contributed by atoms with Crippen molar-refractivity contribution in [1.82, 2.24) is 14.9 Å². The topological polar surface area (TPSA) is 49.0 Å². The van der Waals surface area contributed by atoms with Crippen LogP contribution in [0.4, 0.5) is 0 Å². The van der Waals surface area contributed by atoms with Crippen LogP contribution in [-0.4, -0.2) is 27.3 Å². The Morgan fingerprint density at radius 1 is 1.04 bits per heavy atom. The Kier molecular flexibility index (Phi) is 3.87. The van der Waals surface area contributed by atoms with Crippen molar-refractivity contribution in [3.8, 4) is 11.1 Å². The molecule has 24 heavy (non-hydrogen) atoms. The maximum absolute atomic E-state index is 12.9. The van der Waals surface area contributed by atoms with Crippen LogP contribution in [0, 0.1) is 0 Å². The predicted octanol–water partition coefficient (Wildman–Crippen LogP) is 4.05. The Balaban J connectivity index is 1.56. The van der Waals surface area contributed by atoms with Crippen LogP contribution in [-0.2, 0) is 0 Å². The highest BCUT2D eigenvalue weighted by molar-refractivity contribution is 5.95. The number of nitrogens with zero attached hydrogens (tertiary/aromatic N) is 2. The van der Waals surface area contributed by atoms with Crippen LogP contribution in [0.15, 0.2) is 67.0 Å². The number of rotatable bonds is 3. The van der Waals surface area contributed by atoms with Gasteiger partial charge >= 0.3 is 0 Å². The molecule has 0 spiro atoms. The summed E-state index contributed by atoms with van der Waals surface area (Å²) >= 11 is 0. The van der Waals surface area contributed by atoms with E-state index in [0.29, 0.717) is 0 Å². The number of aromatic amines is 1. The molecule has 4 nitrogen and oxygen atoms in total. The maximum atomic E-state index is 12.9. The van der Waals surface area contributed by atoms with Gasteiger partial charge in [0, 0.05) is 24.5 Å². The van der Waals surface area contributed by atoms with Gasteiger partial charge in [-0.1, -0.05) is 42.5 Å². The van der Waals surface area contributed by atoms with Crippen molar-refractivity contribution in [2.24, 2.45) is 0 Å². The summed E-state index contributed by atoms with van der Waals surface area (Å²) in [7, 11) is 0. The zero-order chi connectivity index (χ0) is 16.4. The molecule has 1 aromatic heterocycles. The molecule has 1 amide bonds. The molecule has 4 rings (SSSR count). The first kappa shape index (κ1) is 14.7. The fourth-order valence-corrected chi connectivity index (χ4v) is 3.36. The minimum Gasteiger partial charge on any atom is -0.347 e. The Morgan fingerprint density at radius 3 is 2.50 bits per heavy atom. The molecule has 2 heterocycles. The van der Waals surface area contributed by atoms with Crippen LogP contribution in [0.5, 0.6) is 0 Å². The number of benzene rings is 2. The lowest BCUT2D eigenvalue weighted by atomic mass is 10.0. The number of carbonyl (C=O) groups excluding carboxylic acids is 1. The summed E-state index contributed by atoms with van der Waals surface area (Å²) in [5.41, 5.74) is 3.01. The highest BCUT2D eigenvalue weighted by Crippen LogP contribution is 2.31. The number of amides is 1. The van der Waals surface area contributed by atoms with E-state index in [0.717, 1.165) is 41.9 Å². The smallest absolute Gasteiger partial charge is 0.254 e. The molecule has 120 valence electrons. The summed E-state index contributed by atoms with van der Waals surface area (Å²) in [6.07, 6.45) is 5.52. The molecular weight excluding hydrogens is 298 g/mol. The fraction of sp³-hybridized carbons (Fsp3) is 0.200. The van der Waals surface area contributed by atoms with Crippen molar-refractivity contribution < 1.29 is 4.79 Å². The maximum Gasteiger partial charge on any atom is 0.254 e. The first-order chi connectivity index (χ1) is 11.8. The van der Waals surface area contributed by atoms with Crippen molar-refractivity contribution in [1.29, 1.82) is 0 Å². The SMILES string of the molecule is O=C(c1ccc(-c2ccccc2)cc1)N1CCCC1c1ncc[nH]1. The van der Waals surface area contributed by atoms with Crippen LogP contribution in [0.3, 0.4) is 0 Å². The Labute approximate surface area is 141 Å². The third-order valence-corrected chi connectivity index (χ3v) is 4.59. The van der Waals surface area contributed by atoms with Gasteiger partial charge in [0.2, 0.25) is 0 Å². The molecular formula is C20H19N3O. The number of imidazole rings is 1. The van der Waals surface area contributed by atoms with E-state index in [4.69, 9.17) is 0 Å². The molecule has 3 aromatic rings. The third kappa shape index (κ3) is 2.71. The highest BCUT2D eigenvalue weighted by Gasteiger charge is 2.32. The molecule has 1 aliphatic heterocycles. The Bertz CT molecular complexity index is 810. The van der Waals surface area contributed by atoms with Crippen LogP contribution in [0.1, 0.15) is 35.1 Å². The molecule has 0 saturated carbocycles. The van der Waals surface area contributed by atoms with E-state index in [-0.39, 0.29) is 11.9 Å². The minimum absolute atomic E-state index is 0.0568. The van der Waals surface area contributed by atoms with Crippen LogP contribution >= 0.6 is 0 Å². The number of nitrogens with one attached hydrogen (secondary N) is 1. The summed E-state index contributed by atoms with van der Waals surface area (Å²) < 4.78 is 0. The lowest BCUT2D eigenvalue weighted by molar-refractivity contribution is 0.0730. The molecule has 2 aromatic carbocycles. The zero-order valence-corrected chi connectivity index (χ0v) is 13.4. The molecule has 0 bridgehead atoms. The molecule has 1 saturated heterocycles. The van der Waals surface area contributed by atoms with Crippen molar-refractivity contribution in [3.63, 3.8) is 0 Å². The number of aromatic nitrogens is 2. The monoisotopic (exact) mass is 317 g/mol. The standard InChI is InChI=1S/C20H19N3O/c24-20(23-14-4-7-18(23)19-21-12-13-22-19)17-10-8-16(9-11-17)15-5-2-1-3-6-15/h1-3,5-6,8-13,18H,4,7,14H2,(H,21,22). The first-order valence-electron chi connectivity index (χ1n) is 8.28. The van der Waals surface area contributed by atoms with E-state index >= 15 is 0 Å². The van der Waals surface area contributed by atoms with Crippen LogP contribution in [0.2, 0.25) is 0 Å². The second-order valence-corrected chi connectivity index (χ2v) is 6.07. The molecule has 0 radical (unpaired) electrons. The quantitative estimate of drug-likeness (QED) is 0.792. The van der Waals surface area contributed by atoms with Gasteiger partial charge in [0.1, 0.15) is 5.82 Å².